The first-order valence-electron chi connectivity index (χ1n) is 11.9. The fourth-order valence-electron chi connectivity index (χ4n) is 6.14. The first-order chi connectivity index (χ1) is 16.6. The van der Waals surface area contributed by atoms with E-state index in [-0.39, 0.29) is 17.8 Å². The Balaban J connectivity index is 1.46. The highest BCUT2D eigenvalue weighted by Gasteiger charge is 2.47. The molecule has 3 aliphatic carbocycles. The quantitative estimate of drug-likeness (QED) is 0.413. The summed E-state index contributed by atoms with van der Waals surface area (Å²) in [6, 6.07) is 13.3. The molecule has 0 amide bonds. The van der Waals surface area contributed by atoms with Gasteiger partial charge in [-0.2, -0.15) is 0 Å². The number of carbonyl (C=O) groups is 1. The zero-order valence-electron chi connectivity index (χ0n) is 18.6. The van der Waals surface area contributed by atoms with Gasteiger partial charge < -0.3 is 10.1 Å². The monoisotopic (exact) mass is 456 g/mol. The van der Waals surface area contributed by atoms with Gasteiger partial charge >= 0.3 is 5.97 Å². The Morgan fingerprint density at radius 3 is 2.59 bits per heavy atom. The van der Waals surface area contributed by atoms with Crippen molar-refractivity contribution in [1.82, 2.24) is 19.9 Å². The van der Waals surface area contributed by atoms with Crippen LogP contribution in [0.1, 0.15) is 31.4 Å². The van der Waals surface area contributed by atoms with Crippen molar-refractivity contribution in [3.05, 3.63) is 66.4 Å². The van der Waals surface area contributed by atoms with Crippen molar-refractivity contribution >= 4 is 17.0 Å². The Morgan fingerprint density at radius 2 is 1.82 bits per heavy atom. The van der Waals surface area contributed by atoms with E-state index in [0.29, 0.717) is 34.8 Å². The van der Waals surface area contributed by atoms with E-state index in [9.17, 15) is 14.3 Å². The summed E-state index contributed by atoms with van der Waals surface area (Å²) in [5.41, 5.74) is 3.80. The highest BCUT2D eigenvalue weighted by molar-refractivity contribution is 5.91. The zero-order chi connectivity index (χ0) is 23.2. The number of nitrogens with one attached hydrogen (secondary N) is 1. The van der Waals surface area contributed by atoms with Crippen molar-refractivity contribution in [2.45, 2.75) is 32.1 Å². The van der Waals surface area contributed by atoms with E-state index in [1.165, 1.54) is 12.3 Å². The van der Waals surface area contributed by atoms with Gasteiger partial charge in [0.05, 0.1) is 17.8 Å². The van der Waals surface area contributed by atoms with Crippen molar-refractivity contribution < 1.29 is 14.3 Å². The van der Waals surface area contributed by atoms with Crippen LogP contribution in [0.25, 0.3) is 33.7 Å². The third-order valence-electron chi connectivity index (χ3n) is 7.71. The molecule has 1 aromatic carbocycles. The average molecular weight is 457 g/mol. The molecule has 34 heavy (non-hydrogen) atoms. The Hall–Kier alpha value is -3.61. The van der Waals surface area contributed by atoms with Gasteiger partial charge in [0.25, 0.3) is 0 Å². The molecule has 3 heterocycles. The molecule has 0 radical (unpaired) electrons. The smallest absolute Gasteiger partial charge is 0.307 e. The van der Waals surface area contributed by atoms with Crippen molar-refractivity contribution in [3.63, 3.8) is 0 Å². The van der Waals surface area contributed by atoms with Gasteiger partial charge in [0.1, 0.15) is 11.5 Å². The molecule has 3 aromatic heterocycles. The maximum atomic E-state index is 14.0. The van der Waals surface area contributed by atoms with E-state index in [4.69, 9.17) is 9.97 Å². The minimum atomic E-state index is -0.685. The molecule has 0 unspecified atom stereocenters. The predicted octanol–water partition coefficient (Wildman–Crippen LogP) is 5.51. The highest BCUT2D eigenvalue weighted by Crippen LogP contribution is 2.50. The lowest BCUT2D eigenvalue weighted by Gasteiger charge is -2.46. The minimum absolute atomic E-state index is 0.0680. The molecule has 6 nitrogen and oxygen atoms in total. The number of fused-ring (bicyclic) bond motifs is 4. The van der Waals surface area contributed by atoms with Crippen molar-refractivity contribution in [3.8, 4) is 22.6 Å². The number of hydrogen-bond donors (Lipinski definition) is 2. The lowest BCUT2D eigenvalue weighted by Crippen LogP contribution is -2.45. The summed E-state index contributed by atoms with van der Waals surface area (Å²) < 4.78 is 14.0. The number of pyridine rings is 1. The minimum Gasteiger partial charge on any atom is -0.481 e. The third-order valence-corrected chi connectivity index (χ3v) is 7.71. The second-order valence-corrected chi connectivity index (χ2v) is 9.59. The maximum Gasteiger partial charge on any atom is 0.307 e. The lowest BCUT2D eigenvalue weighted by molar-refractivity contribution is -0.152. The van der Waals surface area contributed by atoms with Gasteiger partial charge in [-0.05, 0) is 62.0 Å². The third kappa shape index (κ3) is 3.65. The van der Waals surface area contributed by atoms with Crippen LogP contribution in [0.2, 0.25) is 0 Å². The Labute approximate surface area is 196 Å². The molecular formula is C27H25FN4O2. The number of aliphatic carboxylic acids is 1. The van der Waals surface area contributed by atoms with Gasteiger partial charge in [0.15, 0.2) is 5.82 Å². The molecule has 0 spiro atoms. The maximum absolute atomic E-state index is 14.0. The highest BCUT2D eigenvalue weighted by atomic mass is 19.1. The van der Waals surface area contributed by atoms with Crippen LogP contribution in [0.15, 0.2) is 54.9 Å². The molecule has 7 rings (SSSR count). The molecule has 2 atom stereocenters. The number of H-pyrrole nitrogens is 1. The number of halogens is 1. The van der Waals surface area contributed by atoms with E-state index in [2.05, 4.69) is 9.97 Å². The molecule has 2 N–H and O–H groups in total. The topological polar surface area (TPSA) is 91.8 Å². The molecule has 3 saturated carbocycles. The van der Waals surface area contributed by atoms with Crippen LogP contribution >= 0.6 is 0 Å². The van der Waals surface area contributed by atoms with Crippen LogP contribution < -0.4 is 0 Å². The average Bonchev–Trinajstić information content (AvgIpc) is 3.28. The standard InChI is InChI=1S/C27H25FN4O2/c28-18-10-21-22(14-30-25(21)29-13-18)26-31-19(12-23(32-26)16-4-2-1-3-5-16)11-20-15-6-8-17(9-7-15)24(20)27(33)34/h1-5,10,12-15,17,20,24H,6-9,11H2,(H,29,30)(H,33,34)/t15?,17?,20-,24-/m0/s1. The molecule has 172 valence electrons. The van der Waals surface area contributed by atoms with E-state index in [0.717, 1.165) is 42.6 Å². The summed E-state index contributed by atoms with van der Waals surface area (Å²) in [4.78, 5) is 29.1. The number of aromatic nitrogens is 4. The van der Waals surface area contributed by atoms with Crippen LogP contribution in [0.5, 0.6) is 0 Å². The van der Waals surface area contributed by atoms with Gasteiger partial charge in [0, 0.05) is 28.4 Å². The predicted molar refractivity (Wildman–Crippen MR) is 126 cm³/mol. The molecule has 0 aliphatic heterocycles. The fourth-order valence-corrected chi connectivity index (χ4v) is 6.14. The molecular weight excluding hydrogens is 431 g/mol. The zero-order valence-corrected chi connectivity index (χ0v) is 18.6. The van der Waals surface area contributed by atoms with Crippen molar-refractivity contribution in [2.24, 2.45) is 23.7 Å². The molecule has 3 fully saturated rings. The number of hydrogen-bond acceptors (Lipinski definition) is 4. The first kappa shape index (κ1) is 21.0. The summed E-state index contributed by atoms with van der Waals surface area (Å²) in [6.45, 7) is 0. The summed E-state index contributed by atoms with van der Waals surface area (Å²) >= 11 is 0. The molecule has 4 aromatic rings. The second kappa shape index (κ2) is 8.31. The Kier molecular flexibility index (Phi) is 5.12. The van der Waals surface area contributed by atoms with Gasteiger partial charge in [0.2, 0.25) is 0 Å². The van der Waals surface area contributed by atoms with Crippen LogP contribution in [0.3, 0.4) is 0 Å². The number of carboxylic acids is 1. The SMILES string of the molecule is O=C(O)[C@H]1C2CCC(CC2)[C@@H]1Cc1cc(-c2ccccc2)nc(-c2c[nH]c3ncc(F)cc23)n1. The van der Waals surface area contributed by atoms with Gasteiger partial charge in [-0.15, -0.1) is 0 Å². The second-order valence-electron chi connectivity index (χ2n) is 9.59. The molecule has 7 heteroatoms. The van der Waals surface area contributed by atoms with Gasteiger partial charge in [-0.3, -0.25) is 4.79 Å². The van der Waals surface area contributed by atoms with Crippen molar-refractivity contribution in [2.75, 3.05) is 0 Å². The molecule has 3 aliphatic rings. The van der Waals surface area contributed by atoms with E-state index < -0.39 is 11.8 Å². The number of nitrogens with zero attached hydrogens (tertiary/aromatic N) is 3. The van der Waals surface area contributed by atoms with Crippen LogP contribution in [0, 0.1) is 29.5 Å². The van der Waals surface area contributed by atoms with Crippen LogP contribution in [-0.4, -0.2) is 31.0 Å². The normalized spacial score (nSPS) is 23.9. The summed E-state index contributed by atoms with van der Waals surface area (Å²) in [7, 11) is 0. The fraction of sp³-hybridized carbons (Fsp3) is 0.333. The van der Waals surface area contributed by atoms with E-state index in [1.54, 1.807) is 6.20 Å². The summed E-state index contributed by atoms with van der Waals surface area (Å²) in [5.74, 6) is -0.203. The molecule has 0 saturated heterocycles. The van der Waals surface area contributed by atoms with Crippen LogP contribution in [-0.2, 0) is 11.2 Å². The number of carboxylic acid groups (broad SMARTS) is 1. The number of rotatable bonds is 5. The summed E-state index contributed by atoms with van der Waals surface area (Å²) in [6.07, 6.45) is 7.74. The molecule has 2 bridgehead atoms. The first-order valence-corrected chi connectivity index (χ1v) is 11.9. The Morgan fingerprint density at radius 1 is 1.06 bits per heavy atom. The van der Waals surface area contributed by atoms with Crippen LogP contribution in [0.4, 0.5) is 4.39 Å². The van der Waals surface area contributed by atoms with Crippen molar-refractivity contribution in [1.29, 1.82) is 0 Å². The lowest BCUT2D eigenvalue weighted by atomic mass is 9.57. The number of aromatic amines is 1. The van der Waals surface area contributed by atoms with E-state index >= 15 is 0 Å². The summed E-state index contributed by atoms with van der Waals surface area (Å²) in [5, 5.41) is 10.6. The number of benzene rings is 1. The Bertz CT molecular complexity index is 1360. The largest absolute Gasteiger partial charge is 0.481 e. The van der Waals surface area contributed by atoms with Gasteiger partial charge in [-0.25, -0.2) is 19.3 Å². The van der Waals surface area contributed by atoms with Gasteiger partial charge in [-0.1, -0.05) is 30.3 Å². The van der Waals surface area contributed by atoms with E-state index in [1.807, 2.05) is 36.4 Å².